The van der Waals surface area contributed by atoms with Gasteiger partial charge in [0, 0.05) is 37.9 Å². The zero-order chi connectivity index (χ0) is 19.4. The van der Waals surface area contributed by atoms with Crippen LogP contribution in [0.1, 0.15) is 12.5 Å². The Bertz CT molecular complexity index is 539. The maximum Gasteiger partial charge on any atom is 0.573 e. The van der Waals surface area contributed by atoms with E-state index >= 15 is 0 Å². The fraction of sp³-hybridized carbons (Fsp3) is 0.588. The molecule has 1 aromatic carbocycles. The van der Waals surface area contributed by atoms with E-state index in [-0.39, 0.29) is 18.3 Å². The largest absolute Gasteiger partial charge is 0.573 e. The second-order valence-corrected chi connectivity index (χ2v) is 6.57. The van der Waals surface area contributed by atoms with Crippen LogP contribution in [0.15, 0.2) is 29.3 Å². The molecule has 26 heavy (non-hydrogen) atoms. The summed E-state index contributed by atoms with van der Waals surface area (Å²) in [6.07, 6.45) is -2.16. The lowest BCUT2D eigenvalue weighted by Gasteiger charge is -2.15. The van der Waals surface area contributed by atoms with Crippen molar-refractivity contribution in [3.8, 4) is 5.75 Å². The SMILES string of the molecule is CCNC(=NCC(CO)Cc1ccc(OC(F)(F)F)cc1)NCCSC. The van der Waals surface area contributed by atoms with Gasteiger partial charge in [-0.1, -0.05) is 12.1 Å². The predicted molar refractivity (Wildman–Crippen MR) is 99.8 cm³/mol. The lowest BCUT2D eigenvalue weighted by molar-refractivity contribution is -0.274. The standard InChI is InChI=1S/C17H26F3N3O2S/c1-3-21-16(22-8-9-26-2)23-11-14(12-24)10-13-4-6-15(7-5-13)25-17(18,19)20/h4-7,14,24H,3,8-12H2,1-2H3,(H2,21,22,23). The van der Waals surface area contributed by atoms with Crippen LogP contribution in [-0.2, 0) is 6.42 Å². The highest BCUT2D eigenvalue weighted by Crippen LogP contribution is 2.23. The minimum atomic E-state index is -4.70. The van der Waals surface area contributed by atoms with E-state index in [1.807, 2.05) is 13.2 Å². The fourth-order valence-corrected chi connectivity index (χ4v) is 2.49. The van der Waals surface area contributed by atoms with E-state index in [1.165, 1.54) is 12.1 Å². The number of aliphatic imine (C=N–C) groups is 1. The van der Waals surface area contributed by atoms with E-state index < -0.39 is 6.36 Å². The van der Waals surface area contributed by atoms with Gasteiger partial charge >= 0.3 is 6.36 Å². The quantitative estimate of drug-likeness (QED) is 0.324. The van der Waals surface area contributed by atoms with Crippen molar-refractivity contribution in [1.82, 2.24) is 10.6 Å². The highest BCUT2D eigenvalue weighted by molar-refractivity contribution is 7.98. The molecule has 0 saturated carbocycles. The fourth-order valence-electron chi connectivity index (χ4n) is 2.18. The molecule has 0 heterocycles. The Morgan fingerprint density at radius 1 is 1.27 bits per heavy atom. The average Bonchev–Trinajstić information content (AvgIpc) is 2.58. The second kappa shape index (κ2) is 11.9. The second-order valence-electron chi connectivity index (χ2n) is 5.58. The third kappa shape index (κ3) is 9.76. The van der Waals surface area contributed by atoms with E-state index in [2.05, 4.69) is 20.4 Å². The van der Waals surface area contributed by atoms with Crippen LogP contribution in [0.4, 0.5) is 13.2 Å². The van der Waals surface area contributed by atoms with E-state index in [0.29, 0.717) is 18.9 Å². The average molecular weight is 393 g/mol. The van der Waals surface area contributed by atoms with Gasteiger partial charge in [0.2, 0.25) is 0 Å². The molecule has 0 bridgehead atoms. The Morgan fingerprint density at radius 3 is 2.50 bits per heavy atom. The highest BCUT2D eigenvalue weighted by Gasteiger charge is 2.30. The minimum absolute atomic E-state index is 0.0610. The van der Waals surface area contributed by atoms with Crippen LogP contribution < -0.4 is 15.4 Å². The Morgan fingerprint density at radius 2 is 1.96 bits per heavy atom. The van der Waals surface area contributed by atoms with Crippen molar-refractivity contribution in [3.05, 3.63) is 29.8 Å². The normalized spacial score (nSPS) is 13.4. The van der Waals surface area contributed by atoms with Crippen LogP contribution in [0.5, 0.6) is 5.75 Å². The van der Waals surface area contributed by atoms with Crippen LogP contribution in [0.2, 0.25) is 0 Å². The smallest absolute Gasteiger partial charge is 0.406 e. The summed E-state index contributed by atoms with van der Waals surface area (Å²) < 4.78 is 40.4. The van der Waals surface area contributed by atoms with E-state index in [4.69, 9.17) is 0 Å². The zero-order valence-electron chi connectivity index (χ0n) is 15.0. The number of hydrogen-bond acceptors (Lipinski definition) is 4. The molecule has 0 fully saturated rings. The molecule has 9 heteroatoms. The first-order valence-electron chi connectivity index (χ1n) is 8.34. The lowest BCUT2D eigenvalue weighted by atomic mass is 10.0. The molecule has 0 aliphatic carbocycles. The number of alkyl halides is 3. The van der Waals surface area contributed by atoms with E-state index in [9.17, 15) is 18.3 Å². The number of aliphatic hydroxyl groups excluding tert-OH is 1. The van der Waals surface area contributed by atoms with Crippen LogP contribution in [0, 0.1) is 5.92 Å². The molecule has 0 aliphatic heterocycles. The first-order chi connectivity index (χ1) is 12.4. The van der Waals surface area contributed by atoms with E-state index in [1.54, 1.807) is 23.9 Å². The molecule has 0 aliphatic rings. The third-order valence-corrected chi connectivity index (χ3v) is 4.00. The number of benzene rings is 1. The van der Waals surface area contributed by atoms with Gasteiger partial charge in [0.1, 0.15) is 5.75 Å². The van der Waals surface area contributed by atoms with Crippen molar-refractivity contribution < 1.29 is 23.0 Å². The molecule has 3 N–H and O–H groups in total. The summed E-state index contributed by atoms with van der Waals surface area (Å²) in [6, 6.07) is 5.67. The van der Waals surface area contributed by atoms with Crippen molar-refractivity contribution in [2.75, 3.05) is 38.2 Å². The number of aliphatic hydroxyl groups is 1. The van der Waals surface area contributed by atoms with Gasteiger partial charge < -0.3 is 20.5 Å². The number of guanidine groups is 1. The molecular weight excluding hydrogens is 367 g/mol. The number of ether oxygens (including phenoxy) is 1. The molecule has 148 valence electrons. The molecule has 0 radical (unpaired) electrons. The lowest BCUT2D eigenvalue weighted by Crippen LogP contribution is -2.39. The molecule has 1 unspecified atom stereocenters. The molecule has 0 amide bonds. The summed E-state index contributed by atoms with van der Waals surface area (Å²) in [5.41, 5.74) is 0.814. The Balaban J connectivity index is 2.60. The van der Waals surface area contributed by atoms with Crippen LogP contribution in [0.25, 0.3) is 0 Å². The Labute approximate surface area is 156 Å². The Kier molecular flexibility index (Phi) is 10.3. The Hall–Kier alpha value is -1.61. The van der Waals surface area contributed by atoms with Gasteiger partial charge in [-0.05, 0) is 37.3 Å². The van der Waals surface area contributed by atoms with Crippen molar-refractivity contribution in [2.45, 2.75) is 19.7 Å². The number of thioether (sulfide) groups is 1. The van der Waals surface area contributed by atoms with Gasteiger partial charge in [0.05, 0.1) is 0 Å². The van der Waals surface area contributed by atoms with Crippen molar-refractivity contribution >= 4 is 17.7 Å². The summed E-state index contributed by atoms with van der Waals surface area (Å²) >= 11 is 1.73. The maximum absolute atomic E-state index is 12.2. The zero-order valence-corrected chi connectivity index (χ0v) is 15.8. The first-order valence-corrected chi connectivity index (χ1v) is 9.74. The number of nitrogens with one attached hydrogen (secondary N) is 2. The molecule has 1 rings (SSSR count). The predicted octanol–water partition coefficient (Wildman–Crippen LogP) is 2.65. The first kappa shape index (κ1) is 22.4. The topological polar surface area (TPSA) is 65.9 Å². The number of nitrogens with zero attached hydrogens (tertiary/aromatic N) is 1. The molecule has 0 saturated heterocycles. The summed E-state index contributed by atoms with van der Waals surface area (Å²) in [7, 11) is 0. The summed E-state index contributed by atoms with van der Waals surface area (Å²) in [6.45, 7) is 3.84. The molecule has 0 aromatic heterocycles. The van der Waals surface area contributed by atoms with Crippen molar-refractivity contribution in [2.24, 2.45) is 10.9 Å². The number of halogens is 3. The molecule has 0 spiro atoms. The number of hydrogen-bond donors (Lipinski definition) is 3. The van der Waals surface area contributed by atoms with Crippen molar-refractivity contribution in [1.29, 1.82) is 0 Å². The minimum Gasteiger partial charge on any atom is -0.406 e. The maximum atomic E-state index is 12.2. The number of rotatable bonds is 10. The third-order valence-electron chi connectivity index (χ3n) is 3.39. The van der Waals surface area contributed by atoms with E-state index in [0.717, 1.165) is 24.4 Å². The summed E-state index contributed by atoms with van der Waals surface area (Å²) in [5.74, 6) is 1.27. The van der Waals surface area contributed by atoms with Crippen LogP contribution in [-0.4, -0.2) is 55.7 Å². The molecule has 1 atom stereocenters. The van der Waals surface area contributed by atoms with Crippen LogP contribution >= 0.6 is 11.8 Å². The summed E-state index contributed by atoms with van der Waals surface area (Å²) in [4.78, 5) is 4.47. The monoisotopic (exact) mass is 393 g/mol. The van der Waals surface area contributed by atoms with Crippen LogP contribution in [0.3, 0.4) is 0 Å². The molecule has 1 aromatic rings. The molecular formula is C17H26F3N3O2S. The van der Waals surface area contributed by atoms with Gasteiger partial charge in [-0.25, -0.2) is 0 Å². The molecule has 5 nitrogen and oxygen atoms in total. The van der Waals surface area contributed by atoms with Gasteiger partial charge in [-0.2, -0.15) is 11.8 Å². The van der Waals surface area contributed by atoms with Gasteiger partial charge in [0.15, 0.2) is 5.96 Å². The van der Waals surface area contributed by atoms with Gasteiger partial charge in [0.25, 0.3) is 0 Å². The summed E-state index contributed by atoms with van der Waals surface area (Å²) in [5, 5.41) is 15.9. The highest BCUT2D eigenvalue weighted by atomic mass is 32.2. The van der Waals surface area contributed by atoms with Gasteiger partial charge in [-0.15, -0.1) is 13.2 Å². The van der Waals surface area contributed by atoms with Crippen molar-refractivity contribution in [3.63, 3.8) is 0 Å². The van der Waals surface area contributed by atoms with Gasteiger partial charge in [-0.3, -0.25) is 4.99 Å².